The first-order valence-corrected chi connectivity index (χ1v) is 7.23. The van der Waals surface area contributed by atoms with Gasteiger partial charge in [0, 0.05) is 25.3 Å². The Balaban J connectivity index is 2.03. The van der Waals surface area contributed by atoms with E-state index in [4.69, 9.17) is 11.6 Å². The van der Waals surface area contributed by atoms with E-state index in [9.17, 15) is 20.0 Å². The lowest BCUT2D eigenvalue weighted by molar-refractivity contribution is -0.384. The Morgan fingerprint density at radius 3 is 2.81 bits per heavy atom. The van der Waals surface area contributed by atoms with Crippen LogP contribution in [0.1, 0.15) is 29.6 Å². The number of nitro groups is 1. The molecule has 1 aliphatic carbocycles. The molecule has 1 aliphatic rings. The van der Waals surface area contributed by atoms with Gasteiger partial charge >= 0.3 is 0 Å². The summed E-state index contributed by atoms with van der Waals surface area (Å²) in [6.07, 6.45) is 2.98. The maximum absolute atomic E-state index is 12.1. The first kappa shape index (κ1) is 15.7. The largest absolute Gasteiger partial charge is 0.396 e. The maximum Gasteiger partial charge on any atom is 0.270 e. The van der Waals surface area contributed by atoms with Crippen LogP contribution < -0.4 is 5.32 Å². The molecule has 21 heavy (non-hydrogen) atoms. The third-order valence-electron chi connectivity index (χ3n) is 3.98. The van der Waals surface area contributed by atoms with Crippen LogP contribution in [-0.2, 0) is 0 Å². The van der Waals surface area contributed by atoms with E-state index in [2.05, 4.69) is 5.32 Å². The fourth-order valence-corrected chi connectivity index (χ4v) is 2.95. The summed E-state index contributed by atoms with van der Waals surface area (Å²) in [5.41, 5.74) is -0.0666. The first-order valence-electron chi connectivity index (χ1n) is 6.86. The molecular weight excluding hydrogens is 296 g/mol. The molecular formula is C14H17ClN2O4. The number of non-ortho nitro benzene ring substituents is 1. The van der Waals surface area contributed by atoms with Crippen molar-refractivity contribution in [3.8, 4) is 0 Å². The van der Waals surface area contributed by atoms with Gasteiger partial charge in [0.15, 0.2) is 0 Å². The van der Waals surface area contributed by atoms with E-state index >= 15 is 0 Å². The van der Waals surface area contributed by atoms with Gasteiger partial charge in [0.2, 0.25) is 0 Å². The van der Waals surface area contributed by atoms with Gasteiger partial charge in [-0.25, -0.2) is 0 Å². The molecule has 1 amide bonds. The van der Waals surface area contributed by atoms with Crippen LogP contribution in [0.2, 0.25) is 5.02 Å². The van der Waals surface area contributed by atoms with E-state index in [1.54, 1.807) is 0 Å². The summed E-state index contributed by atoms with van der Waals surface area (Å²) < 4.78 is 0. The zero-order valence-electron chi connectivity index (χ0n) is 11.4. The molecule has 2 rings (SSSR count). The molecule has 0 radical (unpaired) electrons. The highest BCUT2D eigenvalue weighted by Gasteiger charge is 2.27. The average Bonchev–Trinajstić information content (AvgIpc) is 2.92. The van der Waals surface area contributed by atoms with Crippen LogP contribution in [0.15, 0.2) is 18.2 Å². The molecule has 0 aromatic heterocycles. The molecule has 2 atom stereocenters. The highest BCUT2D eigenvalue weighted by atomic mass is 35.5. The molecule has 6 nitrogen and oxygen atoms in total. The van der Waals surface area contributed by atoms with Crippen molar-refractivity contribution in [2.45, 2.75) is 19.3 Å². The predicted molar refractivity (Wildman–Crippen MR) is 78.4 cm³/mol. The fourth-order valence-electron chi connectivity index (χ4n) is 2.74. The van der Waals surface area contributed by atoms with Crippen molar-refractivity contribution in [2.24, 2.45) is 11.8 Å². The smallest absolute Gasteiger partial charge is 0.270 e. The molecule has 0 heterocycles. The quantitative estimate of drug-likeness (QED) is 0.645. The van der Waals surface area contributed by atoms with Crippen LogP contribution in [0.25, 0.3) is 0 Å². The van der Waals surface area contributed by atoms with Gasteiger partial charge in [-0.3, -0.25) is 14.9 Å². The molecule has 0 bridgehead atoms. The van der Waals surface area contributed by atoms with Gasteiger partial charge in [-0.1, -0.05) is 18.0 Å². The van der Waals surface area contributed by atoms with Crippen LogP contribution in [0.3, 0.4) is 0 Å². The van der Waals surface area contributed by atoms with E-state index in [1.807, 2.05) is 0 Å². The zero-order chi connectivity index (χ0) is 15.4. The number of aliphatic hydroxyl groups excluding tert-OH is 1. The SMILES string of the molecule is O=C(NCC1CCCC1CO)c1cc([N+](=O)[O-])ccc1Cl. The van der Waals surface area contributed by atoms with Crippen molar-refractivity contribution in [1.82, 2.24) is 5.32 Å². The summed E-state index contributed by atoms with van der Waals surface area (Å²) in [7, 11) is 0. The number of amides is 1. The van der Waals surface area contributed by atoms with Crippen LogP contribution >= 0.6 is 11.6 Å². The molecule has 7 heteroatoms. The summed E-state index contributed by atoms with van der Waals surface area (Å²) in [6.45, 7) is 0.571. The van der Waals surface area contributed by atoms with Gasteiger partial charge in [-0.05, 0) is 30.7 Å². The zero-order valence-corrected chi connectivity index (χ0v) is 12.2. The number of carbonyl (C=O) groups is 1. The van der Waals surface area contributed by atoms with Crippen LogP contribution in [0, 0.1) is 22.0 Å². The molecule has 1 fully saturated rings. The van der Waals surface area contributed by atoms with Gasteiger partial charge in [0.1, 0.15) is 0 Å². The Hall–Kier alpha value is -1.66. The summed E-state index contributed by atoms with van der Waals surface area (Å²) in [5.74, 6) is 0.0367. The number of rotatable bonds is 5. The first-order chi connectivity index (χ1) is 10.0. The number of nitrogens with zero attached hydrogens (tertiary/aromatic N) is 1. The molecule has 2 N–H and O–H groups in total. The molecule has 1 aromatic rings. The number of aliphatic hydroxyl groups is 1. The number of nitrogens with one attached hydrogen (secondary N) is 1. The van der Waals surface area contributed by atoms with Crippen molar-refractivity contribution in [1.29, 1.82) is 0 Å². The number of nitro benzene ring substituents is 1. The van der Waals surface area contributed by atoms with Crippen molar-refractivity contribution in [3.63, 3.8) is 0 Å². The van der Waals surface area contributed by atoms with Gasteiger partial charge in [-0.2, -0.15) is 0 Å². The topological polar surface area (TPSA) is 92.5 Å². The number of hydrogen-bond acceptors (Lipinski definition) is 4. The summed E-state index contributed by atoms with van der Waals surface area (Å²) in [4.78, 5) is 22.3. The third kappa shape index (κ3) is 3.71. The summed E-state index contributed by atoms with van der Waals surface area (Å²) in [5, 5.41) is 22.9. The lowest BCUT2D eigenvalue weighted by Gasteiger charge is -2.17. The Morgan fingerprint density at radius 2 is 2.14 bits per heavy atom. The van der Waals surface area contributed by atoms with Gasteiger partial charge in [0.05, 0.1) is 15.5 Å². The van der Waals surface area contributed by atoms with Crippen molar-refractivity contribution >= 4 is 23.2 Å². The van der Waals surface area contributed by atoms with Crippen LogP contribution in [-0.4, -0.2) is 29.1 Å². The van der Waals surface area contributed by atoms with E-state index in [1.165, 1.54) is 18.2 Å². The minimum atomic E-state index is -0.564. The van der Waals surface area contributed by atoms with Crippen molar-refractivity contribution < 1.29 is 14.8 Å². The molecule has 114 valence electrons. The summed E-state index contributed by atoms with van der Waals surface area (Å²) in [6, 6.07) is 3.79. The number of hydrogen-bond donors (Lipinski definition) is 2. The lowest BCUT2D eigenvalue weighted by atomic mass is 9.97. The van der Waals surface area contributed by atoms with E-state index in [0.717, 1.165) is 19.3 Å². The second kappa shape index (κ2) is 6.87. The molecule has 2 unspecified atom stereocenters. The molecule has 0 spiro atoms. The van der Waals surface area contributed by atoms with Crippen LogP contribution in [0.5, 0.6) is 0 Å². The Kier molecular flexibility index (Phi) is 5.14. The third-order valence-corrected chi connectivity index (χ3v) is 4.31. The van der Waals surface area contributed by atoms with E-state index < -0.39 is 10.8 Å². The molecule has 1 saturated carbocycles. The highest BCUT2D eigenvalue weighted by Crippen LogP contribution is 2.30. The lowest BCUT2D eigenvalue weighted by Crippen LogP contribution is -2.31. The molecule has 0 aliphatic heterocycles. The Bertz CT molecular complexity index is 550. The van der Waals surface area contributed by atoms with Crippen LogP contribution in [0.4, 0.5) is 5.69 Å². The van der Waals surface area contributed by atoms with Crippen molar-refractivity contribution in [3.05, 3.63) is 38.9 Å². The number of benzene rings is 1. The Morgan fingerprint density at radius 1 is 1.43 bits per heavy atom. The van der Waals surface area contributed by atoms with Gasteiger partial charge in [0.25, 0.3) is 11.6 Å². The minimum Gasteiger partial charge on any atom is -0.396 e. The van der Waals surface area contributed by atoms with Gasteiger partial charge in [-0.15, -0.1) is 0 Å². The number of carbonyl (C=O) groups excluding carboxylic acids is 1. The van der Waals surface area contributed by atoms with Gasteiger partial charge < -0.3 is 10.4 Å². The van der Waals surface area contributed by atoms with E-state index in [0.29, 0.717) is 6.54 Å². The van der Waals surface area contributed by atoms with E-state index in [-0.39, 0.29) is 34.7 Å². The molecule has 1 aromatic carbocycles. The number of halogens is 1. The fraction of sp³-hybridized carbons (Fsp3) is 0.500. The average molecular weight is 313 g/mol. The monoisotopic (exact) mass is 312 g/mol. The molecule has 0 saturated heterocycles. The Labute approximate surface area is 127 Å². The summed E-state index contributed by atoms with van der Waals surface area (Å²) >= 11 is 5.92. The second-order valence-electron chi connectivity index (χ2n) is 5.26. The maximum atomic E-state index is 12.1. The second-order valence-corrected chi connectivity index (χ2v) is 5.67. The normalized spacial score (nSPS) is 21.2. The predicted octanol–water partition coefficient (Wildman–Crippen LogP) is 2.39. The highest BCUT2D eigenvalue weighted by molar-refractivity contribution is 6.33. The minimum absolute atomic E-state index is 0.101. The van der Waals surface area contributed by atoms with Crippen molar-refractivity contribution in [2.75, 3.05) is 13.2 Å². The standard InChI is InChI=1S/C14H17ClN2O4/c15-13-5-4-11(17(20)21)6-12(13)14(19)16-7-9-2-1-3-10(9)8-18/h4-6,9-10,18H,1-3,7-8H2,(H,16,19).